The van der Waals surface area contributed by atoms with Gasteiger partial charge < -0.3 is 10.3 Å². The standard InChI is InChI=1S/C14H17F2N3/c1-2-12(14-17-6-7-18-14)19-9-10-4-3-5-11(8-10)13(15)16/h3-8,12-13,19H,2,9H2,1H3,(H,17,18). The van der Waals surface area contributed by atoms with Gasteiger partial charge >= 0.3 is 0 Å². The van der Waals surface area contributed by atoms with E-state index in [0.717, 1.165) is 17.8 Å². The van der Waals surface area contributed by atoms with Gasteiger partial charge in [0.1, 0.15) is 5.82 Å². The third-order valence-corrected chi connectivity index (χ3v) is 3.01. The summed E-state index contributed by atoms with van der Waals surface area (Å²) in [5, 5.41) is 3.32. The van der Waals surface area contributed by atoms with Gasteiger partial charge in [-0.1, -0.05) is 25.1 Å². The molecule has 0 saturated carbocycles. The number of rotatable bonds is 6. The predicted molar refractivity (Wildman–Crippen MR) is 69.9 cm³/mol. The normalized spacial score (nSPS) is 12.8. The number of aromatic nitrogens is 2. The molecule has 1 heterocycles. The van der Waals surface area contributed by atoms with Crippen molar-refractivity contribution in [2.24, 2.45) is 0 Å². The molecule has 2 N–H and O–H groups in total. The summed E-state index contributed by atoms with van der Waals surface area (Å²) >= 11 is 0. The van der Waals surface area contributed by atoms with Crippen molar-refractivity contribution < 1.29 is 8.78 Å². The molecule has 0 amide bonds. The quantitative estimate of drug-likeness (QED) is 0.838. The van der Waals surface area contributed by atoms with Crippen LogP contribution in [-0.4, -0.2) is 9.97 Å². The Labute approximate surface area is 111 Å². The first-order valence-corrected chi connectivity index (χ1v) is 6.30. The van der Waals surface area contributed by atoms with E-state index in [1.54, 1.807) is 18.5 Å². The lowest BCUT2D eigenvalue weighted by atomic mass is 10.1. The van der Waals surface area contributed by atoms with Crippen LogP contribution in [0.25, 0.3) is 0 Å². The summed E-state index contributed by atoms with van der Waals surface area (Å²) in [5.74, 6) is 0.868. The zero-order valence-corrected chi connectivity index (χ0v) is 10.7. The summed E-state index contributed by atoms with van der Waals surface area (Å²) in [7, 11) is 0. The maximum Gasteiger partial charge on any atom is 0.263 e. The Hall–Kier alpha value is -1.75. The molecule has 0 aliphatic heterocycles. The topological polar surface area (TPSA) is 40.7 Å². The molecule has 1 unspecified atom stereocenters. The van der Waals surface area contributed by atoms with Crippen LogP contribution in [0.4, 0.5) is 8.78 Å². The number of aromatic amines is 1. The number of nitrogens with zero attached hydrogens (tertiary/aromatic N) is 1. The van der Waals surface area contributed by atoms with E-state index in [1.165, 1.54) is 12.1 Å². The number of H-pyrrole nitrogens is 1. The summed E-state index contributed by atoms with van der Waals surface area (Å²) in [6, 6.07) is 6.58. The molecule has 0 fully saturated rings. The van der Waals surface area contributed by atoms with E-state index in [0.29, 0.717) is 6.54 Å². The zero-order valence-electron chi connectivity index (χ0n) is 10.7. The summed E-state index contributed by atoms with van der Waals surface area (Å²) in [4.78, 5) is 7.27. The van der Waals surface area contributed by atoms with Crippen molar-refractivity contribution in [2.45, 2.75) is 32.4 Å². The minimum absolute atomic E-state index is 0.0605. The Morgan fingerprint density at radius 2 is 2.21 bits per heavy atom. The fraction of sp³-hybridized carbons (Fsp3) is 0.357. The molecule has 3 nitrogen and oxygen atoms in total. The second-order valence-corrected chi connectivity index (χ2v) is 4.36. The van der Waals surface area contributed by atoms with Gasteiger partial charge in [-0.15, -0.1) is 0 Å². The number of hydrogen-bond donors (Lipinski definition) is 2. The van der Waals surface area contributed by atoms with Crippen LogP contribution in [0.1, 0.15) is 42.8 Å². The lowest BCUT2D eigenvalue weighted by Crippen LogP contribution is -2.21. The highest BCUT2D eigenvalue weighted by Gasteiger charge is 2.11. The van der Waals surface area contributed by atoms with Gasteiger partial charge in [0.15, 0.2) is 0 Å². The Bertz CT molecular complexity index is 497. The van der Waals surface area contributed by atoms with Crippen LogP contribution in [0.15, 0.2) is 36.7 Å². The van der Waals surface area contributed by atoms with Crippen LogP contribution in [-0.2, 0) is 6.54 Å². The van der Waals surface area contributed by atoms with Gasteiger partial charge in [-0.2, -0.15) is 0 Å². The smallest absolute Gasteiger partial charge is 0.263 e. The minimum Gasteiger partial charge on any atom is -0.347 e. The Morgan fingerprint density at radius 1 is 1.37 bits per heavy atom. The molecule has 1 aromatic heterocycles. The van der Waals surface area contributed by atoms with Crippen LogP contribution in [0, 0.1) is 0 Å². The number of imidazole rings is 1. The molecule has 102 valence electrons. The van der Waals surface area contributed by atoms with Crippen molar-refractivity contribution >= 4 is 0 Å². The second-order valence-electron chi connectivity index (χ2n) is 4.36. The lowest BCUT2D eigenvalue weighted by molar-refractivity contribution is 0.151. The third-order valence-electron chi connectivity index (χ3n) is 3.01. The molecule has 0 radical (unpaired) electrons. The van der Waals surface area contributed by atoms with Gasteiger partial charge in [-0.25, -0.2) is 13.8 Å². The van der Waals surface area contributed by atoms with Gasteiger partial charge in [0, 0.05) is 24.5 Å². The van der Waals surface area contributed by atoms with E-state index in [2.05, 4.69) is 22.2 Å². The zero-order chi connectivity index (χ0) is 13.7. The van der Waals surface area contributed by atoms with Gasteiger partial charge in [0.25, 0.3) is 6.43 Å². The minimum atomic E-state index is -2.42. The van der Waals surface area contributed by atoms with Crippen molar-refractivity contribution in [2.75, 3.05) is 0 Å². The fourth-order valence-corrected chi connectivity index (χ4v) is 1.98. The maximum absolute atomic E-state index is 12.6. The highest BCUT2D eigenvalue weighted by molar-refractivity contribution is 5.24. The van der Waals surface area contributed by atoms with E-state index in [4.69, 9.17) is 0 Å². The van der Waals surface area contributed by atoms with Crippen molar-refractivity contribution in [1.82, 2.24) is 15.3 Å². The van der Waals surface area contributed by atoms with Crippen LogP contribution in [0.3, 0.4) is 0 Å². The number of halogens is 2. The van der Waals surface area contributed by atoms with Crippen LogP contribution >= 0.6 is 0 Å². The first kappa shape index (κ1) is 13.7. The van der Waals surface area contributed by atoms with E-state index in [9.17, 15) is 8.78 Å². The van der Waals surface area contributed by atoms with Crippen LogP contribution in [0.5, 0.6) is 0 Å². The fourth-order valence-electron chi connectivity index (χ4n) is 1.98. The molecule has 0 bridgehead atoms. The molecule has 0 aliphatic carbocycles. The van der Waals surface area contributed by atoms with Gasteiger partial charge in [0.2, 0.25) is 0 Å². The molecule has 0 saturated heterocycles. The maximum atomic E-state index is 12.6. The molecule has 19 heavy (non-hydrogen) atoms. The predicted octanol–water partition coefficient (Wildman–Crippen LogP) is 3.59. The van der Waals surface area contributed by atoms with Gasteiger partial charge in [-0.05, 0) is 18.1 Å². The Kier molecular flexibility index (Phi) is 4.63. The average Bonchev–Trinajstić information content (AvgIpc) is 2.94. The van der Waals surface area contributed by atoms with Gasteiger partial charge in [-0.3, -0.25) is 0 Å². The van der Waals surface area contributed by atoms with Crippen molar-refractivity contribution in [3.63, 3.8) is 0 Å². The molecule has 1 aromatic carbocycles. The Morgan fingerprint density at radius 3 is 2.84 bits per heavy atom. The molecule has 2 rings (SSSR count). The molecule has 2 aromatic rings. The summed E-state index contributed by atoms with van der Waals surface area (Å²) in [6.07, 6.45) is 1.93. The van der Waals surface area contributed by atoms with Gasteiger partial charge in [0.05, 0.1) is 6.04 Å². The van der Waals surface area contributed by atoms with E-state index in [-0.39, 0.29) is 11.6 Å². The van der Waals surface area contributed by atoms with Crippen molar-refractivity contribution in [3.05, 3.63) is 53.6 Å². The number of benzene rings is 1. The van der Waals surface area contributed by atoms with Crippen LogP contribution < -0.4 is 5.32 Å². The summed E-state index contributed by atoms with van der Waals surface area (Å²) < 4.78 is 25.2. The largest absolute Gasteiger partial charge is 0.347 e. The second kappa shape index (κ2) is 6.43. The summed E-state index contributed by atoms with van der Waals surface area (Å²) in [5.41, 5.74) is 0.910. The average molecular weight is 265 g/mol. The first-order valence-electron chi connectivity index (χ1n) is 6.30. The van der Waals surface area contributed by atoms with Crippen LogP contribution in [0.2, 0.25) is 0 Å². The monoisotopic (exact) mass is 265 g/mol. The Balaban J connectivity index is 1.99. The van der Waals surface area contributed by atoms with E-state index >= 15 is 0 Å². The number of hydrogen-bond acceptors (Lipinski definition) is 2. The lowest BCUT2D eigenvalue weighted by Gasteiger charge is -2.15. The molecular formula is C14H17F2N3. The highest BCUT2D eigenvalue weighted by atomic mass is 19.3. The molecule has 5 heteroatoms. The molecule has 0 aliphatic rings. The molecule has 0 spiro atoms. The highest BCUT2D eigenvalue weighted by Crippen LogP contribution is 2.20. The first-order chi connectivity index (χ1) is 9.20. The molecule has 1 atom stereocenters. The third kappa shape index (κ3) is 3.61. The number of nitrogens with one attached hydrogen (secondary N) is 2. The SMILES string of the molecule is CCC(NCc1cccc(C(F)F)c1)c1ncc[nH]1. The molecular weight excluding hydrogens is 248 g/mol. The van der Waals surface area contributed by atoms with Crippen molar-refractivity contribution in [3.8, 4) is 0 Å². The van der Waals surface area contributed by atoms with E-state index < -0.39 is 6.43 Å². The van der Waals surface area contributed by atoms with Crippen molar-refractivity contribution in [1.29, 1.82) is 0 Å². The van der Waals surface area contributed by atoms with E-state index in [1.807, 2.05) is 6.07 Å². The summed E-state index contributed by atoms with van der Waals surface area (Å²) in [6.45, 7) is 2.59. The number of alkyl halides is 2.